The lowest BCUT2D eigenvalue weighted by atomic mass is 9.88. The van der Waals surface area contributed by atoms with Gasteiger partial charge in [0.15, 0.2) is 0 Å². The van der Waals surface area contributed by atoms with Crippen molar-refractivity contribution in [2.45, 2.75) is 50.5 Å². The van der Waals surface area contributed by atoms with Crippen LogP contribution in [-0.4, -0.2) is 113 Å². The number of piperidine rings is 2. The number of anilines is 2. The van der Waals surface area contributed by atoms with E-state index in [-0.39, 0.29) is 11.9 Å². The highest BCUT2D eigenvalue weighted by molar-refractivity contribution is 6.33. The second-order valence-corrected chi connectivity index (χ2v) is 15.2. The first-order valence-electron chi connectivity index (χ1n) is 18.7. The number of H-pyrrole nitrogens is 1. The fourth-order valence-corrected chi connectivity index (χ4v) is 8.65. The van der Waals surface area contributed by atoms with Crippen LogP contribution in [0.2, 0.25) is 5.02 Å². The molecule has 0 saturated carbocycles. The number of hydrogen-bond donors (Lipinski definition) is 3. The molecule has 51 heavy (non-hydrogen) atoms. The molecule has 0 bridgehead atoms. The maximum Gasteiger partial charge on any atom is 0.328 e. The van der Waals surface area contributed by atoms with Gasteiger partial charge >= 0.3 is 6.03 Å². The summed E-state index contributed by atoms with van der Waals surface area (Å²) in [6, 6.07) is 16.6. The Morgan fingerprint density at radius 2 is 1.59 bits per heavy atom. The van der Waals surface area contributed by atoms with Gasteiger partial charge in [-0.1, -0.05) is 41.9 Å². The number of nitrogens with zero attached hydrogens (tertiary/aromatic N) is 6. The number of para-hydroxylation sites is 1. The summed E-state index contributed by atoms with van der Waals surface area (Å²) >= 11 is 6.56. The van der Waals surface area contributed by atoms with E-state index in [0.29, 0.717) is 35.9 Å². The molecule has 0 spiro atoms. The first-order valence-corrected chi connectivity index (χ1v) is 19.1. The molecule has 8 rings (SSSR count). The number of carbonyl (C=O) groups excluding carboxylic acids is 2. The molecule has 0 radical (unpaired) electrons. The van der Waals surface area contributed by atoms with E-state index in [9.17, 15) is 9.59 Å². The van der Waals surface area contributed by atoms with Crippen molar-refractivity contribution in [3.63, 3.8) is 0 Å². The molecule has 4 fully saturated rings. The number of imide groups is 1. The van der Waals surface area contributed by atoms with E-state index >= 15 is 0 Å². The standard InChI is InChI=1S/C39H48ClN9O2/c40-34-24-42-38(45-37(34)33-23-41-35-4-2-1-3-32(33)35)43-30-13-19-48(26-30)22-21-46-15-9-27(10-16-46)25-47-17-11-29(12-18-47)28-5-7-31(8-6-28)49-20-14-36(50)44-39(49)51/h1-8,23-24,27,29-30,41H,9-22,25-26H2,(H,42,43,45)(H,44,50,51)/t30-/m1/s1. The molecule has 3 amide bonds. The van der Waals surface area contributed by atoms with E-state index in [2.05, 4.69) is 59.6 Å². The average Bonchev–Trinajstić information content (AvgIpc) is 3.80. The summed E-state index contributed by atoms with van der Waals surface area (Å²) in [4.78, 5) is 45.9. The van der Waals surface area contributed by atoms with Crippen molar-refractivity contribution >= 4 is 46.1 Å². The zero-order valence-electron chi connectivity index (χ0n) is 29.2. The van der Waals surface area contributed by atoms with Gasteiger partial charge in [0.25, 0.3) is 0 Å². The fourth-order valence-electron chi connectivity index (χ4n) is 8.46. The summed E-state index contributed by atoms with van der Waals surface area (Å²) < 4.78 is 0. The van der Waals surface area contributed by atoms with Crippen molar-refractivity contribution in [2.75, 3.05) is 75.7 Å². The Bertz CT molecular complexity index is 1830. The molecule has 12 heteroatoms. The van der Waals surface area contributed by atoms with Gasteiger partial charge in [-0.25, -0.2) is 14.8 Å². The summed E-state index contributed by atoms with van der Waals surface area (Å²) in [5.41, 5.74) is 5.03. The monoisotopic (exact) mass is 709 g/mol. The van der Waals surface area contributed by atoms with Gasteiger partial charge in [0.05, 0.1) is 16.9 Å². The molecule has 11 nitrogen and oxygen atoms in total. The van der Waals surface area contributed by atoms with Crippen molar-refractivity contribution in [3.8, 4) is 11.3 Å². The zero-order valence-corrected chi connectivity index (χ0v) is 30.0. The largest absolute Gasteiger partial charge is 0.360 e. The van der Waals surface area contributed by atoms with Crippen molar-refractivity contribution in [1.29, 1.82) is 0 Å². The van der Waals surface area contributed by atoms with Crippen LogP contribution in [0, 0.1) is 5.92 Å². The number of urea groups is 1. The molecule has 3 N–H and O–H groups in total. The van der Waals surface area contributed by atoms with Crippen LogP contribution in [0.25, 0.3) is 22.2 Å². The van der Waals surface area contributed by atoms with Gasteiger partial charge in [-0.2, -0.15) is 0 Å². The van der Waals surface area contributed by atoms with Gasteiger partial charge in [0, 0.05) is 80.1 Å². The molecule has 4 aromatic rings. The highest BCUT2D eigenvalue weighted by atomic mass is 35.5. The number of hydrogen-bond acceptors (Lipinski definition) is 8. The predicted molar refractivity (Wildman–Crippen MR) is 202 cm³/mol. The molecule has 2 aromatic heterocycles. The molecule has 2 aromatic carbocycles. The quantitative estimate of drug-likeness (QED) is 0.190. The third-order valence-corrected chi connectivity index (χ3v) is 11.7. The zero-order chi connectivity index (χ0) is 34.7. The van der Waals surface area contributed by atoms with Crippen LogP contribution in [0.3, 0.4) is 0 Å². The number of nitrogens with one attached hydrogen (secondary N) is 3. The van der Waals surface area contributed by atoms with Crippen LogP contribution < -0.4 is 15.5 Å². The number of carbonyl (C=O) groups is 2. The Hall–Kier alpha value is -4.03. The molecular formula is C39H48ClN9O2. The lowest BCUT2D eigenvalue weighted by Crippen LogP contribution is -2.49. The number of aromatic amines is 1. The smallest absolute Gasteiger partial charge is 0.328 e. The van der Waals surface area contributed by atoms with Crippen LogP contribution in [0.1, 0.15) is 50.0 Å². The van der Waals surface area contributed by atoms with Crippen molar-refractivity contribution in [1.82, 2.24) is 35.0 Å². The van der Waals surface area contributed by atoms with Gasteiger partial charge in [0.2, 0.25) is 11.9 Å². The Morgan fingerprint density at radius 3 is 2.39 bits per heavy atom. The number of fused-ring (bicyclic) bond motifs is 1. The fraction of sp³-hybridized carbons (Fsp3) is 0.487. The number of amides is 3. The van der Waals surface area contributed by atoms with Crippen LogP contribution in [-0.2, 0) is 4.79 Å². The third-order valence-electron chi connectivity index (χ3n) is 11.5. The van der Waals surface area contributed by atoms with E-state index in [0.717, 1.165) is 79.5 Å². The first-order chi connectivity index (χ1) is 24.9. The van der Waals surface area contributed by atoms with E-state index < -0.39 is 0 Å². The Kier molecular flexibility index (Phi) is 10.2. The summed E-state index contributed by atoms with van der Waals surface area (Å²) in [7, 11) is 0. The minimum atomic E-state index is -0.324. The van der Waals surface area contributed by atoms with Crippen LogP contribution in [0.15, 0.2) is 60.9 Å². The van der Waals surface area contributed by atoms with E-state index in [1.165, 1.54) is 50.9 Å². The Morgan fingerprint density at radius 1 is 0.843 bits per heavy atom. The number of aromatic nitrogens is 3. The number of halogens is 1. The molecule has 268 valence electrons. The second-order valence-electron chi connectivity index (χ2n) is 14.8. The van der Waals surface area contributed by atoms with Gasteiger partial charge < -0.3 is 20.1 Å². The summed E-state index contributed by atoms with van der Waals surface area (Å²) in [6.45, 7) is 10.7. The average molecular weight is 710 g/mol. The van der Waals surface area contributed by atoms with Crippen molar-refractivity contribution < 1.29 is 9.59 Å². The van der Waals surface area contributed by atoms with Gasteiger partial charge in [-0.15, -0.1) is 0 Å². The third kappa shape index (κ3) is 7.91. The molecule has 0 aliphatic carbocycles. The van der Waals surface area contributed by atoms with Crippen LogP contribution >= 0.6 is 11.6 Å². The molecule has 4 saturated heterocycles. The minimum Gasteiger partial charge on any atom is -0.360 e. The first kappa shape index (κ1) is 34.1. The van der Waals surface area contributed by atoms with E-state index in [1.54, 1.807) is 11.1 Å². The predicted octanol–water partition coefficient (Wildman–Crippen LogP) is 5.80. The molecule has 0 unspecified atom stereocenters. The van der Waals surface area contributed by atoms with Crippen LogP contribution in [0.4, 0.5) is 16.4 Å². The van der Waals surface area contributed by atoms with Gasteiger partial charge in [-0.05, 0) is 93.9 Å². The second kappa shape index (κ2) is 15.3. The molecule has 6 heterocycles. The lowest BCUT2D eigenvalue weighted by molar-refractivity contribution is -0.120. The number of rotatable bonds is 10. The van der Waals surface area contributed by atoms with Crippen molar-refractivity contribution in [2.24, 2.45) is 5.92 Å². The maximum absolute atomic E-state index is 12.2. The SMILES string of the molecule is O=C1CCN(c2ccc(C3CCN(CC4CCN(CCN5CC[C@@H](Nc6ncc(Cl)c(-c7c[nH]c8ccccc78)n6)C5)CC4)CC3)cc2)C(=O)N1. The highest BCUT2D eigenvalue weighted by Gasteiger charge is 2.28. The normalized spacial score (nSPS) is 21.8. The summed E-state index contributed by atoms with van der Waals surface area (Å²) in [5.74, 6) is 1.79. The highest BCUT2D eigenvalue weighted by Crippen LogP contribution is 2.33. The molecule has 4 aliphatic rings. The summed E-state index contributed by atoms with van der Waals surface area (Å²) in [5, 5.41) is 7.65. The van der Waals surface area contributed by atoms with Gasteiger partial charge in [-0.3, -0.25) is 19.9 Å². The lowest BCUT2D eigenvalue weighted by Gasteiger charge is -2.38. The molecule has 4 aliphatic heterocycles. The minimum absolute atomic E-state index is 0.199. The number of benzene rings is 2. The molecular weight excluding hydrogens is 662 g/mol. The van der Waals surface area contributed by atoms with Gasteiger partial charge in [0.1, 0.15) is 0 Å². The summed E-state index contributed by atoms with van der Waals surface area (Å²) in [6.07, 6.45) is 10.0. The number of likely N-dealkylation sites (tertiary alicyclic amines) is 3. The van der Waals surface area contributed by atoms with Crippen molar-refractivity contribution in [3.05, 3.63) is 71.5 Å². The Balaban J connectivity index is 0.736. The van der Waals surface area contributed by atoms with Crippen LogP contribution in [0.5, 0.6) is 0 Å². The van der Waals surface area contributed by atoms with E-state index in [4.69, 9.17) is 16.6 Å². The maximum atomic E-state index is 12.2. The Labute approximate surface area is 304 Å². The molecule has 1 atom stereocenters. The topological polar surface area (TPSA) is 113 Å². The van der Waals surface area contributed by atoms with E-state index in [1.807, 2.05) is 30.5 Å².